The fourth-order valence-corrected chi connectivity index (χ4v) is 11.3. The Labute approximate surface area is 466 Å². The van der Waals surface area contributed by atoms with Gasteiger partial charge in [0.25, 0.3) is 11.7 Å². The number of carbonyl (C=O) groups excluding carboxylic acids is 5. The van der Waals surface area contributed by atoms with Gasteiger partial charge in [-0.15, -0.1) is 0 Å². The molecule has 3 rings (SSSR count). The van der Waals surface area contributed by atoms with Crippen molar-refractivity contribution in [2.45, 2.75) is 188 Å². The van der Waals surface area contributed by atoms with Gasteiger partial charge in [-0.2, -0.15) is 0 Å². The number of ether oxygens (including phenoxy) is 7. The van der Waals surface area contributed by atoms with Crippen molar-refractivity contribution in [1.29, 1.82) is 0 Å². The average molecular weight is 1100 g/mol. The van der Waals surface area contributed by atoms with Gasteiger partial charge in [-0.3, -0.25) is 19.2 Å². The molecule has 16 nitrogen and oxygen atoms in total. The third-order valence-electron chi connectivity index (χ3n) is 16.2. The summed E-state index contributed by atoms with van der Waals surface area (Å²) >= 11 is 0. The SMILES string of the molecule is C=C/C=C(\C)[C@H](C[C@@H]1CC[C@@H](C)[C@](O)(C(=O)C(=O)N2CCCC[C@H]2C(=O)O[C@@H](CC(=O)[C@H](C)/C=C(\C)[C@@H](O)[C@@H](OC)C(=O)[C@H](C)C[C@H](C)/C=C/C)[C@H](C)C[C@@H]2CC[C@@H](O)[C@H](OC)C2)O1)C(=C)/C(=C\C(=C/C)OCCOC)OC. The van der Waals surface area contributed by atoms with Crippen molar-refractivity contribution in [2.75, 3.05) is 48.2 Å². The minimum atomic E-state index is -2.52. The monoisotopic (exact) mass is 1100 g/mol. The molecule has 2 heterocycles. The second kappa shape index (κ2) is 33.3. The van der Waals surface area contributed by atoms with E-state index >= 15 is 0 Å². The fourth-order valence-electron chi connectivity index (χ4n) is 11.3. The van der Waals surface area contributed by atoms with Crippen molar-refractivity contribution in [2.24, 2.45) is 41.4 Å². The van der Waals surface area contributed by atoms with E-state index in [1.807, 2.05) is 59.8 Å². The molecule has 78 heavy (non-hydrogen) atoms. The number of methoxy groups -OCH3 is 4. The maximum atomic E-state index is 14.6. The zero-order chi connectivity index (χ0) is 58.4. The molecule has 440 valence electrons. The maximum Gasteiger partial charge on any atom is 0.329 e. The molecule has 0 aromatic carbocycles. The number of rotatable bonds is 32. The molecule has 3 fully saturated rings. The Hall–Kier alpha value is -4.55. The molecule has 1 saturated carbocycles. The normalized spacial score (nSPS) is 26.9. The van der Waals surface area contributed by atoms with Gasteiger partial charge in [-0.05, 0) is 133 Å². The second-order valence-electron chi connectivity index (χ2n) is 22.2. The summed E-state index contributed by atoms with van der Waals surface area (Å²) in [4.78, 5) is 72.7. The molecule has 0 unspecified atom stereocenters. The van der Waals surface area contributed by atoms with E-state index in [2.05, 4.69) is 13.2 Å². The molecular formula is C62H97NO15. The smallest absolute Gasteiger partial charge is 0.329 e. The average Bonchev–Trinajstić information content (AvgIpc) is 3.41. The molecule has 2 aliphatic heterocycles. The zero-order valence-electron chi connectivity index (χ0n) is 49.3. The molecule has 0 aromatic heterocycles. The van der Waals surface area contributed by atoms with Crippen LogP contribution in [-0.2, 0) is 57.1 Å². The number of hydrogen-bond donors (Lipinski definition) is 3. The van der Waals surface area contributed by atoms with Crippen molar-refractivity contribution in [3.05, 3.63) is 83.9 Å². The van der Waals surface area contributed by atoms with Crippen LogP contribution in [-0.4, -0.2) is 146 Å². The van der Waals surface area contributed by atoms with Gasteiger partial charge in [0.15, 0.2) is 5.78 Å². The van der Waals surface area contributed by atoms with Crippen LogP contribution >= 0.6 is 0 Å². The van der Waals surface area contributed by atoms with E-state index in [0.29, 0.717) is 93.7 Å². The third kappa shape index (κ3) is 19.0. The second-order valence-corrected chi connectivity index (χ2v) is 22.2. The molecule has 2 saturated heterocycles. The van der Waals surface area contributed by atoms with Crippen molar-refractivity contribution in [3.63, 3.8) is 0 Å². The van der Waals surface area contributed by atoms with Crippen LogP contribution in [0.5, 0.6) is 0 Å². The summed E-state index contributed by atoms with van der Waals surface area (Å²) < 4.78 is 40.6. The molecule has 1 amide bonds. The number of carbonyl (C=O) groups is 5. The number of piperidine rings is 1. The van der Waals surface area contributed by atoms with Gasteiger partial charge < -0.3 is 53.4 Å². The summed E-state index contributed by atoms with van der Waals surface area (Å²) in [5.41, 5.74) is 1.84. The number of Topliss-reactive ketones (excluding diaryl/α,β-unsaturated/α-hetero) is 3. The first-order valence-electron chi connectivity index (χ1n) is 28.2. The summed E-state index contributed by atoms with van der Waals surface area (Å²) in [7, 11) is 6.05. The summed E-state index contributed by atoms with van der Waals surface area (Å²) in [6, 6.07) is -1.19. The van der Waals surface area contributed by atoms with E-state index in [-0.39, 0.29) is 61.2 Å². The summed E-state index contributed by atoms with van der Waals surface area (Å²) in [5.74, 6) is -7.57. The zero-order valence-corrected chi connectivity index (χ0v) is 49.3. The highest BCUT2D eigenvalue weighted by Gasteiger charge is 2.53. The first-order valence-corrected chi connectivity index (χ1v) is 28.2. The van der Waals surface area contributed by atoms with E-state index in [4.69, 9.17) is 33.2 Å². The Kier molecular flexibility index (Phi) is 28.9. The standard InChI is InChI=1S/C62H97NO15/c1-16-21-38(4)31-42(8)56(66)58(75-15)57(67)43(9)32-40(6)52(65)37-53(41(7)33-46-25-27-51(64)55(34-46)74-14)77-61(70)50-23-19-20-28-63(50)60(69)59(68)62(71)44(10)24-26-48(78-62)35-49(39(5)22-17-2)45(11)54(73-13)36-47(18-3)76-30-29-72-12/h16-18,21-22,32,36,38,40-42,44,46,48-51,53,55,57-58,64,67,71H,2,11,19-20,23-31,33-35,37H2,1,3-10,12-15H3/b21-16+,39-22+,43-32+,47-18+,54-36+/t38-,40-,41-,42-,44-,46+,48+,49+,50+,51-,53+,55-,57-,58+,62-/m1/s1. The topological polar surface area (TPSA) is 214 Å². The summed E-state index contributed by atoms with van der Waals surface area (Å²) in [6.07, 6.45) is 12.5. The maximum absolute atomic E-state index is 14.6. The minimum Gasteiger partial charge on any atom is -0.496 e. The van der Waals surface area contributed by atoms with Gasteiger partial charge >= 0.3 is 5.97 Å². The minimum absolute atomic E-state index is 0.0468. The van der Waals surface area contributed by atoms with Crippen LogP contribution in [0.2, 0.25) is 0 Å². The molecule has 0 bridgehead atoms. The number of aliphatic hydroxyl groups is 3. The van der Waals surface area contributed by atoms with Gasteiger partial charge in [0.05, 0.1) is 32.0 Å². The highest BCUT2D eigenvalue weighted by atomic mass is 16.6. The van der Waals surface area contributed by atoms with Crippen molar-refractivity contribution in [3.8, 4) is 0 Å². The molecule has 3 aliphatic rings. The van der Waals surface area contributed by atoms with Crippen molar-refractivity contribution < 1.29 is 72.5 Å². The summed E-state index contributed by atoms with van der Waals surface area (Å²) in [5, 5.41) is 34.2. The van der Waals surface area contributed by atoms with Gasteiger partial charge in [-0.25, -0.2) is 4.79 Å². The predicted octanol–water partition coefficient (Wildman–Crippen LogP) is 9.07. The van der Waals surface area contributed by atoms with Crippen molar-refractivity contribution in [1.82, 2.24) is 4.90 Å². The van der Waals surface area contributed by atoms with Crippen LogP contribution in [0.4, 0.5) is 0 Å². The number of likely N-dealkylation sites (tertiary alicyclic amines) is 1. The Balaban J connectivity index is 1.91. The number of allylic oxidation sites excluding steroid dienone is 9. The third-order valence-corrected chi connectivity index (χ3v) is 16.2. The van der Waals surface area contributed by atoms with E-state index < -0.39 is 83.7 Å². The van der Waals surface area contributed by atoms with Gasteiger partial charge in [0.1, 0.15) is 48.3 Å². The Morgan fingerprint density at radius 1 is 0.923 bits per heavy atom. The van der Waals surface area contributed by atoms with Crippen LogP contribution < -0.4 is 0 Å². The number of nitrogens with zero attached hydrogens (tertiary/aromatic N) is 1. The molecule has 16 heteroatoms. The fraction of sp³-hybridized carbons (Fsp3) is 0.694. The summed E-state index contributed by atoms with van der Waals surface area (Å²) in [6.45, 7) is 25.4. The Bertz CT molecular complexity index is 2160. The van der Waals surface area contributed by atoms with Crippen LogP contribution in [0.15, 0.2) is 83.9 Å². The lowest BCUT2D eigenvalue weighted by Crippen LogP contribution is -2.60. The van der Waals surface area contributed by atoms with E-state index in [0.717, 1.165) is 5.57 Å². The lowest BCUT2D eigenvalue weighted by Gasteiger charge is -2.43. The van der Waals surface area contributed by atoms with Gasteiger partial charge in [-0.1, -0.05) is 83.7 Å². The van der Waals surface area contributed by atoms with Crippen LogP contribution in [0.25, 0.3) is 0 Å². The molecule has 0 spiro atoms. The molecule has 3 N–H and O–H groups in total. The number of amides is 1. The van der Waals surface area contributed by atoms with Gasteiger partial charge in [0.2, 0.25) is 5.79 Å². The quantitative estimate of drug-likeness (QED) is 0.0143. The van der Waals surface area contributed by atoms with Crippen LogP contribution in [0, 0.1) is 41.4 Å². The number of aliphatic hydroxyl groups excluding tert-OH is 2. The molecule has 1 aliphatic carbocycles. The molecule has 0 aromatic rings. The number of esters is 1. The number of hydrogen-bond acceptors (Lipinski definition) is 15. The van der Waals surface area contributed by atoms with Gasteiger partial charge in [0, 0.05) is 64.0 Å². The predicted molar refractivity (Wildman–Crippen MR) is 300 cm³/mol. The first-order chi connectivity index (χ1) is 37.0. The number of ketones is 3. The molecular weight excluding hydrogens is 999 g/mol. The van der Waals surface area contributed by atoms with Crippen molar-refractivity contribution >= 4 is 29.2 Å². The lowest BCUT2D eigenvalue weighted by atomic mass is 9.78. The Morgan fingerprint density at radius 2 is 1.63 bits per heavy atom. The van der Waals surface area contributed by atoms with E-state index in [9.17, 15) is 39.3 Å². The molecule has 15 atom stereocenters. The van der Waals surface area contributed by atoms with Crippen LogP contribution in [0.3, 0.4) is 0 Å². The highest BCUT2D eigenvalue weighted by Crippen LogP contribution is 2.40. The van der Waals surface area contributed by atoms with E-state index in [1.54, 1.807) is 59.3 Å². The Morgan fingerprint density at radius 3 is 2.24 bits per heavy atom. The van der Waals surface area contributed by atoms with Crippen LogP contribution in [0.1, 0.15) is 139 Å². The molecule has 0 radical (unpaired) electrons. The van der Waals surface area contributed by atoms with E-state index in [1.165, 1.54) is 19.1 Å². The highest BCUT2D eigenvalue weighted by molar-refractivity contribution is 6.39. The lowest BCUT2D eigenvalue weighted by molar-refractivity contribution is -0.264. The largest absolute Gasteiger partial charge is 0.496 e. The first kappa shape index (κ1) is 67.7.